The Bertz CT molecular complexity index is 2210. The van der Waals surface area contributed by atoms with E-state index in [-0.39, 0.29) is 6.04 Å². The highest BCUT2D eigenvalue weighted by molar-refractivity contribution is 6.27. The molecule has 4 aromatic carbocycles. The van der Waals surface area contributed by atoms with Gasteiger partial charge in [0, 0.05) is 52.8 Å². The first-order valence-corrected chi connectivity index (χ1v) is 13.3. The van der Waals surface area contributed by atoms with Gasteiger partial charge in [0.1, 0.15) is 22.7 Å². The summed E-state index contributed by atoms with van der Waals surface area (Å²) in [7, 11) is 0. The molecule has 1 aliphatic heterocycles. The van der Waals surface area contributed by atoms with E-state index in [1.54, 1.807) is 0 Å². The molecule has 1 aliphatic carbocycles. The van der Waals surface area contributed by atoms with Crippen LogP contribution in [-0.4, -0.2) is 15.3 Å². The Labute approximate surface area is 224 Å². The fraction of sp³-hybridized carbons (Fsp3) is 0.0286. The van der Waals surface area contributed by atoms with E-state index in [9.17, 15) is 0 Å². The summed E-state index contributed by atoms with van der Waals surface area (Å²) in [6.07, 6.45) is 12.6. The second-order valence-corrected chi connectivity index (χ2v) is 10.2. The summed E-state index contributed by atoms with van der Waals surface area (Å²) in [5.74, 6) is 0. The molecule has 1 unspecified atom stereocenters. The van der Waals surface area contributed by atoms with E-state index in [0.29, 0.717) is 0 Å². The third-order valence-corrected chi connectivity index (χ3v) is 8.17. The molecule has 2 aliphatic rings. The van der Waals surface area contributed by atoms with Gasteiger partial charge in [0.05, 0.1) is 10.9 Å². The number of hydrogen-bond acceptors (Lipinski definition) is 2. The van der Waals surface area contributed by atoms with E-state index in [1.165, 1.54) is 38.6 Å². The topological polar surface area (TPSA) is 34.0 Å². The first kappa shape index (κ1) is 20.8. The van der Waals surface area contributed by atoms with Crippen LogP contribution in [-0.2, 0) is 0 Å². The molecule has 0 saturated carbocycles. The van der Waals surface area contributed by atoms with Crippen LogP contribution in [0.2, 0.25) is 0 Å². The van der Waals surface area contributed by atoms with Gasteiger partial charge in [-0.05, 0) is 47.5 Å². The minimum Gasteiger partial charge on any atom is -0.456 e. The molecule has 0 radical (unpaired) electrons. The van der Waals surface area contributed by atoms with E-state index in [1.807, 2.05) is 24.5 Å². The van der Waals surface area contributed by atoms with Crippen LogP contribution < -0.4 is 4.58 Å². The second-order valence-electron chi connectivity index (χ2n) is 10.2. The summed E-state index contributed by atoms with van der Waals surface area (Å²) in [5, 5.41) is 4.85. The van der Waals surface area contributed by atoms with Crippen LogP contribution >= 0.6 is 0 Å². The molecular formula is C35H22N3O+. The molecule has 0 spiro atoms. The molecule has 9 rings (SSSR count). The highest BCUT2D eigenvalue weighted by atomic mass is 16.3. The molecule has 0 saturated heterocycles. The molecule has 4 heteroatoms. The van der Waals surface area contributed by atoms with Gasteiger partial charge in [-0.3, -0.25) is 4.98 Å². The van der Waals surface area contributed by atoms with Crippen molar-refractivity contribution in [2.75, 3.05) is 0 Å². The molecule has 0 N–H and O–H groups in total. The van der Waals surface area contributed by atoms with Gasteiger partial charge in [0.2, 0.25) is 17.1 Å². The minimum absolute atomic E-state index is 0.0576. The first-order valence-electron chi connectivity index (χ1n) is 13.3. The van der Waals surface area contributed by atoms with Crippen molar-refractivity contribution in [1.82, 2.24) is 14.1 Å². The van der Waals surface area contributed by atoms with Crippen LogP contribution in [0.3, 0.4) is 0 Å². The van der Waals surface area contributed by atoms with E-state index in [0.717, 1.165) is 33.4 Å². The Morgan fingerprint density at radius 3 is 2.46 bits per heavy atom. The van der Waals surface area contributed by atoms with E-state index in [2.05, 4.69) is 117 Å². The molecule has 0 fully saturated rings. The van der Waals surface area contributed by atoms with Gasteiger partial charge in [-0.1, -0.05) is 54.6 Å². The van der Waals surface area contributed by atoms with Crippen LogP contribution in [0.15, 0.2) is 132 Å². The lowest BCUT2D eigenvalue weighted by Crippen LogP contribution is -2.30. The Hall–Kier alpha value is -5.22. The summed E-state index contributed by atoms with van der Waals surface area (Å²) in [6, 6.07) is 32.3. The van der Waals surface area contributed by atoms with Crippen LogP contribution in [0.4, 0.5) is 11.4 Å². The predicted molar refractivity (Wildman–Crippen MR) is 160 cm³/mol. The Morgan fingerprint density at radius 2 is 1.56 bits per heavy atom. The van der Waals surface area contributed by atoms with Crippen LogP contribution in [0.25, 0.3) is 54.9 Å². The van der Waals surface area contributed by atoms with Crippen molar-refractivity contribution in [3.8, 4) is 11.1 Å². The summed E-state index contributed by atoms with van der Waals surface area (Å²) in [5.41, 5.74) is 10.2. The molecule has 39 heavy (non-hydrogen) atoms. The number of furan rings is 1. The van der Waals surface area contributed by atoms with Crippen molar-refractivity contribution in [2.24, 2.45) is 0 Å². The van der Waals surface area contributed by atoms with Crippen molar-refractivity contribution >= 4 is 60.8 Å². The Morgan fingerprint density at radius 1 is 0.692 bits per heavy atom. The molecule has 3 aromatic heterocycles. The van der Waals surface area contributed by atoms with Gasteiger partial charge < -0.3 is 8.98 Å². The van der Waals surface area contributed by atoms with E-state index >= 15 is 0 Å². The van der Waals surface area contributed by atoms with Gasteiger partial charge in [-0.2, -0.15) is 4.58 Å². The smallest absolute Gasteiger partial charge is 0.235 e. The Kier molecular flexibility index (Phi) is 4.08. The van der Waals surface area contributed by atoms with Gasteiger partial charge in [-0.25, -0.2) is 0 Å². The van der Waals surface area contributed by atoms with Gasteiger partial charge in [0.15, 0.2) is 0 Å². The number of aromatic nitrogens is 2. The molecule has 0 bridgehead atoms. The zero-order valence-corrected chi connectivity index (χ0v) is 21.0. The number of nitrogens with zero attached hydrogens (tertiary/aromatic N) is 3. The van der Waals surface area contributed by atoms with Crippen molar-refractivity contribution in [1.29, 1.82) is 0 Å². The van der Waals surface area contributed by atoms with Crippen molar-refractivity contribution < 1.29 is 4.42 Å². The predicted octanol–water partition coefficient (Wildman–Crippen LogP) is 8.71. The number of para-hydroxylation sites is 2. The van der Waals surface area contributed by atoms with Crippen LogP contribution in [0, 0.1) is 0 Å². The van der Waals surface area contributed by atoms with E-state index < -0.39 is 0 Å². The Balaban J connectivity index is 1.37. The van der Waals surface area contributed by atoms with Crippen LogP contribution in [0.5, 0.6) is 0 Å². The molecule has 0 amide bonds. The maximum atomic E-state index is 6.31. The lowest BCUT2D eigenvalue weighted by Gasteiger charge is -2.24. The van der Waals surface area contributed by atoms with Crippen molar-refractivity contribution in [3.05, 3.63) is 128 Å². The monoisotopic (exact) mass is 500 g/mol. The first-order chi connectivity index (χ1) is 19.4. The molecular weight excluding hydrogens is 478 g/mol. The number of benzene rings is 4. The molecule has 4 nitrogen and oxygen atoms in total. The minimum atomic E-state index is 0.0576. The highest BCUT2D eigenvalue weighted by Gasteiger charge is 2.38. The van der Waals surface area contributed by atoms with Gasteiger partial charge in [0.25, 0.3) is 0 Å². The number of fused-ring (bicyclic) bond motifs is 9. The summed E-state index contributed by atoms with van der Waals surface area (Å²) >= 11 is 0. The lowest BCUT2D eigenvalue weighted by atomic mass is 10.0. The van der Waals surface area contributed by atoms with Gasteiger partial charge in [-0.15, -0.1) is 0 Å². The number of rotatable bonds is 2. The normalized spacial score (nSPS) is 16.2. The molecule has 4 heterocycles. The standard InChI is InChI=1S/C35H22N3O/c1-4-13-31-27(8-1)33-32(39-31)19-18-26-25-9-5-12-30-34(25)38(35(26)33)29-11-3-2-10-28(29)37(30)24-16-14-22(15-17-24)23-7-6-20-36-21-23/h1-21,29H/q+1. The summed E-state index contributed by atoms with van der Waals surface area (Å²) < 4.78 is 11.3. The van der Waals surface area contributed by atoms with Crippen molar-refractivity contribution in [2.45, 2.75) is 6.04 Å². The summed E-state index contributed by atoms with van der Waals surface area (Å²) in [6.45, 7) is 0. The molecule has 7 aromatic rings. The maximum absolute atomic E-state index is 6.31. The number of allylic oxidation sites excluding steroid dienone is 4. The van der Waals surface area contributed by atoms with Gasteiger partial charge >= 0.3 is 0 Å². The average Bonchev–Trinajstić information content (AvgIpc) is 3.55. The average molecular weight is 501 g/mol. The largest absolute Gasteiger partial charge is 0.456 e. The summed E-state index contributed by atoms with van der Waals surface area (Å²) in [4.78, 5) is 4.29. The number of hydrogen-bond donors (Lipinski definition) is 0. The third kappa shape index (κ3) is 2.78. The van der Waals surface area contributed by atoms with E-state index in [4.69, 9.17) is 4.42 Å². The maximum Gasteiger partial charge on any atom is 0.235 e. The fourth-order valence-electron chi connectivity index (χ4n) is 6.55. The molecule has 182 valence electrons. The SMILES string of the molecule is C1=CC2=[N+](c3ccc(-c4cccnc4)cc3)c3cccc4c5ccc6oc7ccccc7c6c5n(c34)C2C=C1. The number of pyridine rings is 1. The zero-order valence-electron chi connectivity index (χ0n) is 21.0. The third-order valence-electron chi connectivity index (χ3n) is 8.17. The zero-order chi connectivity index (χ0) is 25.5. The fourth-order valence-corrected chi connectivity index (χ4v) is 6.55. The highest BCUT2D eigenvalue weighted by Crippen LogP contribution is 2.46. The van der Waals surface area contributed by atoms with Crippen molar-refractivity contribution in [3.63, 3.8) is 0 Å². The quantitative estimate of drug-likeness (QED) is 0.223. The lowest BCUT2D eigenvalue weighted by molar-refractivity contribution is 0.669. The van der Waals surface area contributed by atoms with Crippen LogP contribution in [0.1, 0.15) is 6.04 Å². The second kappa shape index (κ2) is 7.65. The molecule has 1 atom stereocenters.